The van der Waals surface area contributed by atoms with Crippen LogP contribution in [0.25, 0.3) is 0 Å². The molecule has 1 atom stereocenters. The van der Waals surface area contributed by atoms with Gasteiger partial charge < -0.3 is 5.32 Å². The maximum Gasteiger partial charge on any atom is 0.241 e. The molecule has 2 heterocycles. The first-order chi connectivity index (χ1) is 12.9. The van der Waals surface area contributed by atoms with Gasteiger partial charge in [0.05, 0.1) is 16.7 Å². The molecule has 1 fully saturated rings. The van der Waals surface area contributed by atoms with Crippen molar-refractivity contribution < 1.29 is 9.59 Å². The smallest absolute Gasteiger partial charge is 0.241 e. The van der Waals surface area contributed by atoms with E-state index in [0.717, 1.165) is 49.1 Å². The number of carbonyl (C=O) groups excluding carboxylic acids is 2. The molecule has 1 aromatic heterocycles. The molecule has 1 saturated heterocycles. The Balaban J connectivity index is 1.48. The van der Waals surface area contributed by atoms with E-state index >= 15 is 0 Å². The number of benzene rings is 1. The van der Waals surface area contributed by atoms with Gasteiger partial charge in [-0.05, 0) is 45.0 Å². The number of aryl methyl sites for hydroxylation is 1. The second kappa shape index (κ2) is 8.73. The molecule has 0 aliphatic carbocycles. The number of aromatic nitrogens is 1. The van der Waals surface area contributed by atoms with Gasteiger partial charge in [0.15, 0.2) is 5.78 Å². The molecule has 0 bridgehead atoms. The first-order valence-electron chi connectivity index (χ1n) is 9.21. The fraction of sp³-hybridized carbons (Fsp3) is 0.450. The van der Waals surface area contributed by atoms with Crippen molar-refractivity contribution in [2.75, 3.05) is 31.5 Å². The van der Waals surface area contributed by atoms with Gasteiger partial charge in [0, 0.05) is 49.4 Å². The van der Waals surface area contributed by atoms with Gasteiger partial charge in [0.2, 0.25) is 5.91 Å². The van der Waals surface area contributed by atoms with E-state index in [1.54, 1.807) is 35.6 Å². The van der Waals surface area contributed by atoms with E-state index in [0.29, 0.717) is 5.56 Å². The Morgan fingerprint density at radius 2 is 1.85 bits per heavy atom. The Bertz CT molecular complexity index is 795. The number of nitrogens with zero attached hydrogens (tertiary/aromatic N) is 3. The lowest BCUT2D eigenvalue weighted by Crippen LogP contribution is -2.52. The molecule has 0 saturated carbocycles. The second-order valence-electron chi connectivity index (χ2n) is 6.97. The molecule has 6 nitrogen and oxygen atoms in total. The molecule has 0 spiro atoms. The van der Waals surface area contributed by atoms with Gasteiger partial charge in [0.1, 0.15) is 0 Å². The van der Waals surface area contributed by atoms with Crippen LogP contribution >= 0.6 is 11.3 Å². The van der Waals surface area contributed by atoms with Crippen LogP contribution in [0.1, 0.15) is 34.9 Å². The van der Waals surface area contributed by atoms with E-state index in [2.05, 4.69) is 25.5 Å². The second-order valence-corrected chi connectivity index (χ2v) is 8.03. The fourth-order valence-corrected chi connectivity index (χ4v) is 3.82. The summed E-state index contributed by atoms with van der Waals surface area (Å²) in [6.07, 6.45) is 0. The molecule has 1 N–H and O–H groups in total. The van der Waals surface area contributed by atoms with E-state index in [1.807, 2.05) is 13.8 Å². The first-order valence-corrected chi connectivity index (χ1v) is 10.1. The zero-order chi connectivity index (χ0) is 19.4. The number of ketones is 1. The van der Waals surface area contributed by atoms with Crippen LogP contribution < -0.4 is 5.32 Å². The van der Waals surface area contributed by atoms with Gasteiger partial charge in [-0.3, -0.25) is 19.4 Å². The van der Waals surface area contributed by atoms with Gasteiger partial charge in [-0.15, -0.1) is 11.3 Å². The molecule has 2 aromatic rings. The van der Waals surface area contributed by atoms with Crippen molar-refractivity contribution in [2.24, 2.45) is 0 Å². The van der Waals surface area contributed by atoms with E-state index in [9.17, 15) is 9.59 Å². The quantitative estimate of drug-likeness (QED) is 0.774. The Kier molecular flexibility index (Phi) is 6.36. The average molecular weight is 387 g/mol. The van der Waals surface area contributed by atoms with Crippen LogP contribution in [0.5, 0.6) is 0 Å². The average Bonchev–Trinajstić information content (AvgIpc) is 3.07. The summed E-state index contributed by atoms with van der Waals surface area (Å²) in [5.74, 6) is 0.000999. The topological polar surface area (TPSA) is 65.5 Å². The Labute approximate surface area is 164 Å². The molecule has 1 aromatic carbocycles. The van der Waals surface area contributed by atoms with E-state index in [1.165, 1.54) is 6.92 Å². The first kappa shape index (κ1) is 19.7. The number of nitrogens with one attached hydrogen (secondary N) is 1. The van der Waals surface area contributed by atoms with Crippen LogP contribution in [-0.2, 0) is 11.3 Å². The Morgan fingerprint density at radius 1 is 1.19 bits per heavy atom. The van der Waals surface area contributed by atoms with Crippen molar-refractivity contribution in [3.8, 4) is 0 Å². The number of anilines is 1. The van der Waals surface area contributed by atoms with Crippen LogP contribution in [0.15, 0.2) is 29.6 Å². The third-order valence-corrected chi connectivity index (χ3v) is 5.77. The maximum atomic E-state index is 12.6. The van der Waals surface area contributed by atoms with Gasteiger partial charge in [-0.1, -0.05) is 0 Å². The molecule has 7 heteroatoms. The van der Waals surface area contributed by atoms with Crippen LogP contribution in [0.2, 0.25) is 0 Å². The number of amides is 1. The number of rotatable bonds is 6. The summed E-state index contributed by atoms with van der Waals surface area (Å²) in [6, 6.07) is 6.83. The van der Waals surface area contributed by atoms with Gasteiger partial charge in [0.25, 0.3) is 0 Å². The highest BCUT2D eigenvalue weighted by Gasteiger charge is 2.25. The molecule has 1 aliphatic heterocycles. The lowest BCUT2D eigenvalue weighted by Gasteiger charge is -2.37. The lowest BCUT2D eigenvalue weighted by atomic mass is 10.1. The van der Waals surface area contributed by atoms with Crippen molar-refractivity contribution >= 4 is 28.7 Å². The standard InChI is InChI=1S/C20H26N4O2S/c1-14(20(26)22-18-6-4-17(5-7-18)15(2)25)24-10-8-23(9-11-24)12-19-13-27-16(3)21-19/h4-7,13-14H,8-12H2,1-3H3,(H,22,26). The predicted octanol–water partition coefficient (Wildman–Crippen LogP) is 2.80. The molecule has 1 aliphatic rings. The van der Waals surface area contributed by atoms with E-state index in [-0.39, 0.29) is 17.7 Å². The fourth-order valence-electron chi connectivity index (χ4n) is 3.22. The molecule has 3 rings (SSSR count). The molecule has 1 amide bonds. The molecular formula is C20H26N4O2S. The summed E-state index contributed by atoms with van der Waals surface area (Å²) < 4.78 is 0. The van der Waals surface area contributed by atoms with Crippen molar-refractivity contribution in [3.63, 3.8) is 0 Å². The van der Waals surface area contributed by atoms with Gasteiger partial charge in [-0.2, -0.15) is 0 Å². The Hall–Kier alpha value is -2.09. The SMILES string of the molecule is CC(=O)c1ccc(NC(=O)C(C)N2CCN(Cc3csc(C)n3)CC2)cc1. The summed E-state index contributed by atoms with van der Waals surface area (Å²) in [5.41, 5.74) is 2.49. The van der Waals surface area contributed by atoms with Gasteiger partial charge in [-0.25, -0.2) is 4.98 Å². The highest BCUT2D eigenvalue weighted by molar-refractivity contribution is 7.09. The number of thiazole rings is 1. The molecular weight excluding hydrogens is 360 g/mol. The highest BCUT2D eigenvalue weighted by Crippen LogP contribution is 2.15. The van der Waals surface area contributed by atoms with Crippen LogP contribution in [0.3, 0.4) is 0 Å². The molecule has 0 radical (unpaired) electrons. The minimum Gasteiger partial charge on any atom is -0.325 e. The number of piperazine rings is 1. The number of Topliss-reactive ketones (excluding diaryl/α,β-unsaturated/α-hetero) is 1. The highest BCUT2D eigenvalue weighted by atomic mass is 32.1. The maximum absolute atomic E-state index is 12.6. The van der Waals surface area contributed by atoms with Gasteiger partial charge >= 0.3 is 0 Å². The third-order valence-electron chi connectivity index (χ3n) is 4.95. The van der Waals surface area contributed by atoms with E-state index in [4.69, 9.17) is 0 Å². The van der Waals surface area contributed by atoms with Crippen LogP contribution in [-0.4, -0.2) is 58.7 Å². The summed E-state index contributed by atoms with van der Waals surface area (Å²) in [4.78, 5) is 33.0. The van der Waals surface area contributed by atoms with Crippen molar-refractivity contribution in [2.45, 2.75) is 33.4 Å². The number of hydrogen-bond donors (Lipinski definition) is 1. The summed E-state index contributed by atoms with van der Waals surface area (Å²) in [6.45, 7) is 9.97. The molecule has 27 heavy (non-hydrogen) atoms. The van der Waals surface area contributed by atoms with E-state index < -0.39 is 0 Å². The summed E-state index contributed by atoms with van der Waals surface area (Å²) in [5, 5.41) is 6.17. The zero-order valence-electron chi connectivity index (χ0n) is 16.1. The van der Waals surface area contributed by atoms with Crippen LogP contribution in [0, 0.1) is 6.92 Å². The van der Waals surface area contributed by atoms with Crippen LogP contribution in [0.4, 0.5) is 5.69 Å². The van der Waals surface area contributed by atoms with Crippen molar-refractivity contribution in [1.29, 1.82) is 0 Å². The van der Waals surface area contributed by atoms with Crippen molar-refractivity contribution in [1.82, 2.24) is 14.8 Å². The minimum atomic E-state index is -0.193. The normalized spacial score (nSPS) is 16.9. The number of hydrogen-bond acceptors (Lipinski definition) is 6. The zero-order valence-corrected chi connectivity index (χ0v) is 16.9. The third kappa shape index (κ3) is 5.22. The monoisotopic (exact) mass is 386 g/mol. The summed E-state index contributed by atoms with van der Waals surface area (Å²) >= 11 is 1.69. The largest absolute Gasteiger partial charge is 0.325 e. The molecule has 144 valence electrons. The predicted molar refractivity (Wildman–Crippen MR) is 108 cm³/mol. The minimum absolute atomic E-state index is 0.0193. The molecule has 1 unspecified atom stereocenters. The summed E-state index contributed by atoms with van der Waals surface area (Å²) in [7, 11) is 0. The number of carbonyl (C=O) groups is 2. The Morgan fingerprint density at radius 3 is 2.41 bits per heavy atom. The van der Waals surface area contributed by atoms with Crippen molar-refractivity contribution in [3.05, 3.63) is 45.9 Å². The lowest BCUT2D eigenvalue weighted by molar-refractivity contribution is -0.121.